The minimum absolute atomic E-state index is 0.153. The topological polar surface area (TPSA) is 37.4 Å². The Bertz CT molecular complexity index is 618. The average Bonchev–Trinajstić information content (AvgIpc) is 2.30. The molecule has 0 aliphatic rings. The predicted octanol–water partition coefficient (Wildman–Crippen LogP) is 4.34. The summed E-state index contributed by atoms with van der Waals surface area (Å²) < 4.78 is 62.8. The summed E-state index contributed by atoms with van der Waals surface area (Å²) in [6.45, 7) is 1.59. The summed E-state index contributed by atoms with van der Waals surface area (Å²) in [6, 6.07) is 4.17. The highest BCUT2D eigenvalue weighted by Gasteiger charge is 2.36. The molecule has 3 nitrogen and oxygen atoms in total. The SMILES string of the molecule is CC(C)CN(CC(F)(F)F)S(=O)(=O)Cc1ccc(Cl)c(Cl)c1. The maximum Gasteiger partial charge on any atom is 0.402 e. The van der Waals surface area contributed by atoms with E-state index in [1.807, 2.05) is 0 Å². The first-order valence-corrected chi connectivity index (χ1v) is 8.76. The van der Waals surface area contributed by atoms with Gasteiger partial charge in [0.25, 0.3) is 0 Å². The van der Waals surface area contributed by atoms with Crippen LogP contribution in [0.2, 0.25) is 10.0 Å². The Morgan fingerprint density at radius 2 is 1.77 bits per heavy atom. The van der Waals surface area contributed by atoms with Crippen LogP contribution in [-0.2, 0) is 15.8 Å². The molecule has 0 aliphatic carbocycles. The summed E-state index contributed by atoms with van der Waals surface area (Å²) in [5.74, 6) is -0.793. The molecule has 0 bridgehead atoms. The molecule has 0 amide bonds. The summed E-state index contributed by atoms with van der Waals surface area (Å²) in [7, 11) is -4.12. The monoisotopic (exact) mass is 377 g/mol. The van der Waals surface area contributed by atoms with Gasteiger partial charge in [0, 0.05) is 6.54 Å². The number of rotatable bonds is 6. The Labute approximate surface area is 138 Å². The third-order valence-electron chi connectivity index (χ3n) is 2.65. The van der Waals surface area contributed by atoms with E-state index in [9.17, 15) is 21.6 Å². The second-order valence-corrected chi connectivity index (χ2v) is 8.09. The normalized spacial score (nSPS) is 13.1. The van der Waals surface area contributed by atoms with Gasteiger partial charge in [0.2, 0.25) is 10.0 Å². The molecular formula is C13H16Cl2F3NO2S. The van der Waals surface area contributed by atoms with Gasteiger partial charge in [-0.05, 0) is 23.6 Å². The van der Waals surface area contributed by atoms with Crippen LogP contribution >= 0.6 is 23.2 Å². The van der Waals surface area contributed by atoms with Gasteiger partial charge in [-0.3, -0.25) is 0 Å². The van der Waals surface area contributed by atoms with Crippen LogP contribution in [0.1, 0.15) is 19.4 Å². The van der Waals surface area contributed by atoms with E-state index >= 15 is 0 Å². The summed E-state index contributed by atoms with van der Waals surface area (Å²) in [5.41, 5.74) is 0.283. The Morgan fingerprint density at radius 1 is 1.18 bits per heavy atom. The summed E-state index contributed by atoms with van der Waals surface area (Å²) in [6.07, 6.45) is -4.60. The molecule has 0 heterocycles. The molecule has 9 heteroatoms. The van der Waals surface area contributed by atoms with Crippen LogP contribution < -0.4 is 0 Å². The zero-order valence-corrected chi connectivity index (χ0v) is 14.3. The first-order chi connectivity index (χ1) is 9.90. The minimum atomic E-state index is -4.60. The van der Waals surface area contributed by atoms with Crippen LogP contribution in [0, 0.1) is 5.92 Å². The van der Waals surface area contributed by atoms with E-state index in [-0.39, 0.29) is 28.1 Å². The largest absolute Gasteiger partial charge is 0.402 e. The van der Waals surface area contributed by atoms with Gasteiger partial charge in [0.1, 0.15) is 6.54 Å². The highest BCUT2D eigenvalue weighted by molar-refractivity contribution is 7.88. The van der Waals surface area contributed by atoms with Crippen molar-refractivity contribution in [2.45, 2.75) is 25.8 Å². The van der Waals surface area contributed by atoms with Crippen LogP contribution in [-0.4, -0.2) is 32.0 Å². The Kier molecular flexibility index (Phi) is 6.56. The molecular weight excluding hydrogens is 362 g/mol. The van der Waals surface area contributed by atoms with Crippen LogP contribution in [0.3, 0.4) is 0 Å². The molecule has 0 spiro atoms. The van der Waals surface area contributed by atoms with Crippen molar-refractivity contribution in [3.05, 3.63) is 33.8 Å². The van der Waals surface area contributed by atoms with E-state index in [1.165, 1.54) is 18.2 Å². The van der Waals surface area contributed by atoms with Crippen molar-refractivity contribution in [3.8, 4) is 0 Å². The first kappa shape index (κ1) is 19.5. The van der Waals surface area contributed by atoms with E-state index in [0.29, 0.717) is 4.31 Å². The van der Waals surface area contributed by atoms with Crippen LogP contribution in [0.4, 0.5) is 13.2 Å². The van der Waals surface area contributed by atoms with Crippen molar-refractivity contribution >= 4 is 33.2 Å². The molecule has 22 heavy (non-hydrogen) atoms. The van der Waals surface area contributed by atoms with Gasteiger partial charge < -0.3 is 0 Å². The second-order valence-electron chi connectivity index (χ2n) is 5.31. The van der Waals surface area contributed by atoms with E-state index in [1.54, 1.807) is 13.8 Å². The predicted molar refractivity (Wildman–Crippen MR) is 81.6 cm³/mol. The highest BCUT2D eigenvalue weighted by atomic mass is 35.5. The molecule has 0 saturated carbocycles. The minimum Gasteiger partial charge on any atom is -0.212 e. The molecule has 0 radical (unpaired) electrons. The summed E-state index contributed by atoms with van der Waals surface area (Å²) in [4.78, 5) is 0. The molecule has 0 unspecified atom stereocenters. The maximum absolute atomic E-state index is 12.6. The van der Waals surface area contributed by atoms with Crippen molar-refractivity contribution < 1.29 is 21.6 Å². The number of halogens is 5. The van der Waals surface area contributed by atoms with E-state index in [4.69, 9.17) is 23.2 Å². The lowest BCUT2D eigenvalue weighted by Gasteiger charge is -2.25. The van der Waals surface area contributed by atoms with Gasteiger partial charge in [-0.1, -0.05) is 43.1 Å². The molecule has 1 rings (SSSR count). The fourth-order valence-corrected chi connectivity index (χ4v) is 3.79. The maximum atomic E-state index is 12.6. The molecule has 0 aromatic heterocycles. The number of nitrogens with zero attached hydrogens (tertiary/aromatic N) is 1. The Hall–Kier alpha value is -0.500. The number of hydrogen-bond donors (Lipinski definition) is 0. The van der Waals surface area contributed by atoms with Crippen molar-refractivity contribution in [2.75, 3.05) is 13.1 Å². The molecule has 0 N–H and O–H groups in total. The average molecular weight is 378 g/mol. The van der Waals surface area contributed by atoms with Crippen molar-refractivity contribution in [2.24, 2.45) is 5.92 Å². The van der Waals surface area contributed by atoms with Gasteiger partial charge in [-0.15, -0.1) is 0 Å². The van der Waals surface area contributed by atoms with Crippen LogP contribution in [0.25, 0.3) is 0 Å². The first-order valence-electron chi connectivity index (χ1n) is 6.39. The lowest BCUT2D eigenvalue weighted by molar-refractivity contribution is -0.136. The van der Waals surface area contributed by atoms with E-state index in [0.717, 1.165) is 0 Å². The van der Waals surface area contributed by atoms with Gasteiger partial charge in [-0.2, -0.15) is 17.5 Å². The molecule has 1 aromatic rings. The van der Waals surface area contributed by atoms with Gasteiger partial charge in [0.05, 0.1) is 15.8 Å². The lowest BCUT2D eigenvalue weighted by atomic mass is 10.2. The van der Waals surface area contributed by atoms with Crippen molar-refractivity contribution in [1.82, 2.24) is 4.31 Å². The molecule has 0 fully saturated rings. The summed E-state index contributed by atoms with van der Waals surface area (Å²) >= 11 is 11.5. The fourth-order valence-electron chi connectivity index (χ4n) is 1.82. The molecule has 0 saturated heterocycles. The van der Waals surface area contributed by atoms with Crippen LogP contribution in [0.15, 0.2) is 18.2 Å². The summed E-state index contributed by atoms with van der Waals surface area (Å²) in [5, 5.41) is 0.401. The zero-order valence-electron chi connectivity index (χ0n) is 12.0. The van der Waals surface area contributed by atoms with Gasteiger partial charge >= 0.3 is 6.18 Å². The number of sulfonamides is 1. The number of hydrogen-bond acceptors (Lipinski definition) is 2. The molecule has 126 valence electrons. The zero-order chi connectivity index (χ0) is 17.1. The Morgan fingerprint density at radius 3 is 2.23 bits per heavy atom. The van der Waals surface area contributed by atoms with Crippen LogP contribution in [0.5, 0.6) is 0 Å². The molecule has 1 aromatic carbocycles. The smallest absolute Gasteiger partial charge is 0.212 e. The second kappa shape index (κ2) is 7.38. The number of benzene rings is 1. The quantitative estimate of drug-likeness (QED) is 0.739. The van der Waals surface area contributed by atoms with Crippen molar-refractivity contribution in [3.63, 3.8) is 0 Å². The molecule has 0 atom stereocenters. The third kappa shape index (κ3) is 6.32. The van der Waals surface area contributed by atoms with Crippen molar-refractivity contribution in [1.29, 1.82) is 0 Å². The fraction of sp³-hybridized carbons (Fsp3) is 0.538. The van der Waals surface area contributed by atoms with Gasteiger partial charge in [-0.25, -0.2) is 8.42 Å². The van der Waals surface area contributed by atoms with Gasteiger partial charge in [0.15, 0.2) is 0 Å². The number of alkyl halides is 3. The highest BCUT2D eigenvalue weighted by Crippen LogP contribution is 2.25. The molecule has 0 aliphatic heterocycles. The lowest BCUT2D eigenvalue weighted by Crippen LogP contribution is -2.41. The third-order valence-corrected chi connectivity index (χ3v) is 5.15. The Balaban J connectivity index is 3.02. The van der Waals surface area contributed by atoms with E-state index in [2.05, 4.69) is 0 Å². The standard InChI is InChI=1S/C13H16Cl2F3NO2S/c1-9(2)6-19(8-13(16,17)18)22(20,21)7-10-3-4-11(14)12(15)5-10/h3-5,9H,6-8H2,1-2H3. The van der Waals surface area contributed by atoms with E-state index < -0.39 is 28.5 Å².